The van der Waals surface area contributed by atoms with Gasteiger partial charge in [0.2, 0.25) is 0 Å². The molecule has 0 aliphatic carbocycles. The van der Waals surface area contributed by atoms with E-state index in [0.717, 1.165) is 116 Å². The van der Waals surface area contributed by atoms with Gasteiger partial charge in [0.25, 0.3) is 0 Å². The molecule has 0 spiro atoms. The summed E-state index contributed by atoms with van der Waals surface area (Å²) < 4.78 is 16.8. The molecule has 0 radical (unpaired) electrons. The van der Waals surface area contributed by atoms with Crippen molar-refractivity contribution in [3.05, 3.63) is 72.9 Å². The molecule has 0 aromatic rings. The highest BCUT2D eigenvalue weighted by atomic mass is 16.6. The van der Waals surface area contributed by atoms with Crippen molar-refractivity contribution in [2.75, 3.05) is 13.2 Å². The van der Waals surface area contributed by atoms with Crippen molar-refractivity contribution in [1.29, 1.82) is 0 Å². The van der Waals surface area contributed by atoms with Gasteiger partial charge in [-0.1, -0.05) is 241 Å². The third kappa shape index (κ3) is 53.7. The average Bonchev–Trinajstić information content (AvgIpc) is 3.33. The van der Waals surface area contributed by atoms with E-state index in [4.69, 9.17) is 14.2 Å². The van der Waals surface area contributed by atoms with E-state index in [0.29, 0.717) is 19.3 Å². The molecule has 0 aromatic carbocycles. The zero-order chi connectivity index (χ0) is 48.6. The average molecular weight is 936 g/mol. The fraction of sp³-hybridized carbons (Fsp3) is 0.754. The summed E-state index contributed by atoms with van der Waals surface area (Å²) in [4.78, 5) is 38.1. The van der Waals surface area contributed by atoms with Gasteiger partial charge in [-0.2, -0.15) is 0 Å². The number of rotatable bonds is 51. The van der Waals surface area contributed by atoms with Gasteiger partial charge >= 0.3 is 17.9 Å². The van der Waals surface area contributed by atoms with Crippen LogP contribution in [-0.2, 0) is 28.6 Å². The Morgan fingerprint density at radius 1 is 0.313 bits per heavy atom. The lowest BCUT2D eigenvalue weighted by atomic mass is 10.0. The van der Waals surface area contributed by atoms with Crippen molar-refractivity contribution >= 4 is 17.9 Å². The molecule has 6 heteroatoms. The highest BCUT2D eigenvalue weighted by Crippen LogP contribution is 2.16. The molecule has 0 saturated carbocycles. The predicted molar refractivity (Wildman–Crippen MR) is 288 cm³/mol. The number of carbonyl (C=O) groups is 3. The summed E-state index contributed by atoms with van der Waals surface area (Å²) in [6.45, 7) is 6.49. The number of hydrogen-bond acceptors (Lipinski definition) is 6. The second-order valence-electron chi connectivity index (χ2n) is 18.8. The number of esters is 3. The number of carbonyl (C=O) groups excluding carboxylic acids is 3. The molecular weight excluding hydrogens is 829 g/mol. The molecule has 1 unspecified atom stereocenters. The maximum atomic E-state index is 12.9. The van der Waals surface area contributed by atoms with E-state index in [1.165, 1.54) is 122 Å². The second-order valence-corrected chi connectivity index (χ2v) is 18.8. The summed E-state index contributed by atoms with van der Waals surface area (Å²) in [7, 11) is 0. The van der Waals surface area contributed by atoms with Crippen molar-refractivity contribution in [1.82, 2.24) is 0 Å². The van der Waals surface area contributed by atoms with Crippen molar-refractivity contribution in [2.45, 2.75) is 284 Å². The smallest absolute Gasteiger partial charge is 0.306 e. The summed E-state index contributed by atoms with van der Waals surface area (Å²) >= 11 is 0. The van der Waals surface area contributed by atoms with Crippen LogP contribution in [0.1, 0.15) is 278 Å². The normalized spacial score (nSPS) is 12.6. The number of allylic oxidation sites excluding steroid dienone is 12. The minimum atomic E-state index is -0.790. The number of hydrogen-bond donors (Lipinski definition) is 0. The molecule has 0 amide bonds. The van der Waals surface area contributed by atoms with E-state index in [-0.39, 0.29) is 31.1 Å². The van der Waals surface area contributed by atoms with Gasteiger partial charge in [0.05, 0.1) is 0 Å². The van der Waals surface area contributed by atoms with Crippen molar-refractivity contribution < 1.29 is 28.6 Å². The van der Waals surface area contributed by atoms with Gasteiger partial charge in [-0.05, 0) is 89.9 Å². The SMILES string of the molecule is CC/C=C\C/C=C\C/C=C\C/C=C\CCCCCCC(=O)OCC(COC(=O)CCCCCCC/C=C\C/C=C\CCCCC)OC(=O)CCCCCCCCCCCCCCCCCCC. The molecular formula is C61H106O6. The van der Waals surface area contributed by atoms with Crippen LogP contribution >= 0.6 is 0 Å². The van der Waals surface area contributed by atoms with Crippen molar-refractivity contribution in [2.24, 2.45) is 0 Å². The van der Waals surface area contributed by atoms with Gasteiger partial charge < -0.3 is 14.2 Å². The first-order valence-corrected chi connectivity index (χ1v) is 28.4. The third-order valence-electron chi connectivity index (χ3n) is 12.2. The standard InChI is InChI=1S/C61H106O6/c1-4-7-10-13-16-19-22-25-28-30-33-36-39-42-45-48-51-54-60(63)66-57-58(56-65-59(62)53-50-47-44-41-38-35-32-27-24-21-18-15-12-9-6-3)67-61(64)55-52-49-46-43-40-37-34-31-29-26-23-20-17-14-11-8-5-2/h7,10,16,18-19,21,25,27-28,32-33,36,58H,4-6,8-9,11-15,17,20,22-24,26,29-31,34-35,37-57H2,1-3H3/b10-7-,19-16-,21-18-,28-25-,32-27-,36-33-. The van der Waals surface area contributed by atoms with Crippen LogP contribution in [0.15, 0.2) is 72.9 Å². The molecule has 0 bridgehead atoms. The lowest BCUT2D eigenvalue weighted by molar-refractivity contribution is -0.167. The summed E-state index contributed by atoms with van der Waals surface area (Å²) in [6, 6.07) is 0. The number of ether oxygens (including phenoxy) is 3. The van der Waals surface area contributed by atoms with Crippen molar-refractivity contribution in [3.63, 3.8) is 0 Å². The van der Waals surface area contributed by atoms with Gasteiger partial charge in [0.15, 0.2) is 6.10 Å². The number of unbranched alkanes of at least 4 members (excludes halogenated alkanes) is 28. The first-order valence-electron chi connectivity index (χ1n) is 28.4. The Labute approximate surface area is 414 Å². The first-order chi connectivity index (χ1) is 33.0. The fourth-order valence-corrected chi connectivity index (χ4v) is 7.93. The van der Waals surface area contributed by atoms with Crippen LogP contribution in [-0.4, -0.2) is 37.2 Å². The zero-order valence-electron chi connectivity index (χ0n) is 44.2. The van der Waals surface area contributed by atoms with Gasteiger partial charge in [-0.3, -0.25) is 14.4 Å². The Hall–Kier alpha value is -3.15. The van der Waals surface area contributed by atoms with Gasteiger partial charge in [-0.15, -0.1) is 0 Å². The maximum absolute atomic E-state index is 12.9. The van der Waals surface area contributed by atoms with Gasteiger partial charge in [0.1, 0.15) is 13.2 Å². The predicted octanol–water partition coefficient (Wildman–Crippen LogP) is 19.0. The first kappa shape index (κ1) is 63.8. The lowest BCUT2D eigenvalue weighted by Gasteiger charge is -2.18. The quantitative estimate of drug-likeness (QED) is 0.0262. The summed E-state index contributed by atoms with van der Waals surface area (Å²) in [5.41, 5.74) is 0. The fourth-order valence-electron chi connectivity index (χ4n) is 7.93. The van der Waals surface area contributed by atoms with E-state index in [9.17, 15) is 14.4 Å². The van der Waals surface area contributed by atoms with E-state index in [1.54, 1.807) is 0 Å². The highest BCUT2D eigenvalue weighted by Gasteiger charge is 2.19. The van der Waals surface area contributed by atoms with Crippen LogP contribution in [0.5, 0.6) is 0 Å². The maximum Gasteiger partial charge on any atom is 0.306 e. The molecule has 1 atom stereocenters. The van der Waals surface area contributed by atoms with Crippen LogP contribution in [0, 0.1) is 0 Å². The molecule has 0 aromatic heterocycles. The summed E-state index contributed by atoms with van der Waals surface area (Å²) in [5, 5.41) is 0. The molecule has 386 valence electrons. The highest BCUT2D eigenvalue weighted by molar-refractivity contribution is 5.71. The lowest BCUT2D eigenvalue weighted by Crippen LogP contribution is -2.30. The molecule has 67 heavy (non-hydrogen) atoms. The van der Waals surface area contributed by atoms with Crippen LogP contribution in [0.25, 0.3) is 0 Å². The molecule has 0 heterocycles. The van der Waals surface area contributed by atoms with E-state index in [1.807, 2.05) is 0 Å². The van der Waals surface area contributed by atoms with Gasteiger partial charge in [-0.25, -0.2) is 0 Å². The Morgan fingerprint density at radius 2 is 0.582 bits per heavy atom. The molecule has 0 rings (SSSR count). The van der Waals surface area contributed by atoms with Crippen LogP contribution < -0.4 is 0 Å². The molecule has 0 fully saturated rings. The Kier molecular flexibility index (Phi) is 52.8. The van der Waals surface area contributed by atoms with Crippen LogP contribution in [0.2, 0.25) is 0 Å². The van der Waals surface area contributed by atoms with E-state index < -0.39 is 6.10 Å². The molecule has 0 aliphatic heterocycles. The largest absolute Gasteiger partial charge is 0.462 e. The van der Waals surface area contributed by atoms with E-state index >= 15 is 0 Å². The summed E-state index contributed by atoms with van der Waals surface area (Å²) in [5.74, 6) is -0.916. The van der Waals surface area contributed by atoms with E-state index in [2.05, 4.69) is 93.7 Å². The van der Waals surface area contributed by atoms with Crippen LogP contribution in [0.3, 0.4) is 0 Å². The molecule has 0 saturated heterocycles. The second kappa shape index (κ2) is 55.4. The molecule has 0 aliphatic rings. The third-order valence-corrected chi connectivity index (χ3v) is 12.2. The topological polar surface area (TPSA) is 78.9 Å². The minimum Gasteiger partial charge on any atom is -0.462 e. The minimum absolute atomic E-state index is 0.0888. The summed E-state index contributed by atoms with van der Waals surface area (Å²) in [6.07, 6.45) is 70.3. The molecule has 0 N–H and O–H groups in total. The Bertz CT molecular complexity index is 1260. The Morgan fingerprint density at radius 3 is 0.940 bits per heavy atom. The molecule has 6 nitrogen and oxygen atoms in total. The Balaban J connectivity index is 4.43. The van der Waals surface area contributed by atoms with Crippen LogP contribution in [0.4, 0.5) is 0 Å². The van der Waals surface area contributed by atoms with Crippen molar-refractivity contribution in [3.8, 4) is 0 Å². The monoisotopic (exact) mass is 935 g/mol. The van der Waals surface area contributed by atoms with Gasteiger partial charge in [0, 0.05) is 19.3 Å². The zero-order valence-corrected chi connectivity index (χ0v) is 44.2.